The molecule has 0 aliphatic carbocycles. The van der Waals surface area contributed by atoms with Crippen molar-refractivity contribution in [3.63, 3.8) is 0 Å². The summed E-state index contributed by atoms with van der Waals surface area (Å²) in [5, 5.41) is 9.16. The molecule has 0 saturated carbocycles. The van der Waals surface area contributed by atoms with Crippen LogP contribution in [-0.4, -0.2) is 5.11 Å². The van der Waals surface area contributed by atoms with E-state index in [4.69, 9.17) is 5.11 Å². The highest BCUT2D eigenvalue weighted by Crippen LogP contribution is 2.33. The minimum atomic E-state index is -4.63. The lowest BCUT2D eigenvalue weighted by molar-refractivity contribution is -0.137. The highest BCUT2D eigenvalue weighted by molar-refractivity contribution is 5.66. The number of alkyl halides is 3. The first-order valence-electron chi connectivity index (χ1n) is 5.14. The number of hydrogen-bond acceptors (Lipinski definition) is 1. The van der Waals surface area contributed by atoms with Crippen molar-refractivity contribution < 1.29 is 27.1 Å². The van der Waals surface area contributed by atoms with Crippen molar-refractivity contribution in [1.82, 2.24) is 0 Å². The summed E-state index contributed by atoms with van der Waals surface area (Å²) in [6, 6.07) is 5.03. The zero-order chi connectivity index (χ0) is 14.2. The highest BCUT2D eigenvalue weighted by Gasteiger charge is 2.31. The van der Waals surface area contributed by atoms with E-state index in [1.165, 1.54) is 6.07 Å². The predicted octanol–water partition coefficient (Wildman–Crippen LogP) is 4.36. The molecule has 0 heterocycles. The molecule has 0 fully saturated rings. The largest absolute Gasteiger partial charge is 0.505 e. The Balaban J connectivity index is 2.49. The van der Waals surface area contributed by atoms with E-state index in [-0.39, 0.29) is 11.1 Å². The summed E-state index contributed by atoms with van der Waals surface area (Å²) in [6.07, 6.45) is -4.63. The van der Waals surface area contributed by atoms with E-state index in [0.717, 1.165) is 24.3 Å². The van der Waals surface area contributed by atoms with E-state index >= 15 is 0 Å². The Morgan fingerprint density at radius 2 is 1.53 bits per heavy atom. The highest BCUT2D eigenvalue weighted by atomic mass is 19.4. The first-order chi connectivity index (χ1) is 8.79. The molecule has 2 rings (SSSR count). The average Bonchev–Trinajstić information content (AvgIpc) is 2.31. The Labute approximate surface area is 104 Å². The van der Waals surface area contributed by atoms with E-state index in [0.29, 0.717) is 6.07 Å². The monoisotopic (exact) mass is 274 g/mol. The van der Waals surface area contributed by atoms with E-state index < -0.39 is 29.1 Å². The Kier molecular flexibility index (Phi) is 3.18. The zero-order valence-corrected chi connectivity index (χ0v) is 9.30. The van der Waals surface area contributed by atoms with Crippen LogP contribution in [0, 0.1) is 11.6 Å². The minimum absolute atomic E-state index is 0.0881. The summed E-state index contributed by atoms with van der Waals surface area (Å²) >= 11 is 0. The van der Waals surface area contributed by atoms with Gasteiger partial charge in [-0.25, -0.2) is 8.78 Å². The molecule has 0 unspecified atom stereocenters. The molecular weight excluding hydrogens is 267 g/mol. The maximum Gasteiger partial charge on any atom is 0.416 e. The smallest absolute Gasteiger partial charge is 0.416 e. The van der Waals surface area contributed by atoms with Gasteiger partial charge < -0.3 is 5.11 Å². The molecule has 0 spiro atoms. The molecule has 0 saturated heterocycles. The SMILES string of the molecule is Oc1cc(-c2ccc(C(F)(F)F)cc2F)ccc1F. The van der Waals surface area contributed by atoms with Gasteiger partial charge in [0, 0.05) is 5.56 Å². The molecule has 1 nitrogen and oxygen atoms in total. The number of rotatable bonds is 1. The number of phenolic OH excluding ortho intramolecular Hbond substituents is 1. The molecule has 0 bridgehead atoms. The lowest BCUT2D eigenvalue weighted by Gasteiger charge is -2.09. The minimum Gasteiger partial charge on any atom is -0.505 e. The van der Waals surface area contributed by atoms with Crippen LogP contribution in [0.3, 0.4) is 0 Å². The summed E-state index contributed by atoms with van der Waals surface area (Å²) in [5.41, 5.74) is -1.17. The second kappa shape index (κ2) is 4.53. The Morgan fingerprint density at radius 3 is 2.05 bits per heavy atom. The molecule has 0 radical (unpaired) electrons. The molecule has 0 amide bonds. The van der Waals surface area contributed by atoms with Crippen LogP contribution in [-0.2, 0) is 6.18 Å². The number of halogens is 5. The Bertz CT molecular complexity index is 619. The van der Waals surface area contributed by atoms with Crippen LogP contribution in [0.4, 0.5) is 22.0 Å². The quantitative estimate of drug-likeness (QED) is 0.766. The van der Waals surface area contributed by atoms with Crippen LogP contribution in [0.5, 0.6) is 5.75 Å². The van der Waals surface area contributed by atoms with Gasteiger partial charge in [-0.3, -0.25) is 0 Å². The molecule has 0 aromatic heterocycles. The topological polar surface area (TPSA) is 20.2 Å². The molecule has 0 aliphatic heterocycles. The summed E-state index contributed by atoms with van der Waals surface area (Å²) in [4.78, 5) is 0. The van der Waals surface area contributed by atoms with Gasteiger partial charge in [0.25, 0.3) is 0 Å². The molecule has 19 heavy (non-hydrogen) atoms. The van der Waals surface area contributed by atoms with Crippen LogP contribution >= 0.6 is 0 Å². The second-order valence-electron chi connectivity index (χ2n) is 3.86. The summed E-state index contributed by atoms with van der Waals surface area (Å²) in [5.74, 6) is -2.69. The van der Waals surface area contributed by atoms with E-state index in [1.54, 1.807) is 0 Å². The number of hydrogen-bond donors (Lipinski definition) is 1. The van der Waals surface area contributed by atoms with Gasteiger partial charge >= 0.3 is 6.18 Å². The summed E-state index contributed by atoms with van der Waals surface area (Å²) < 4.78 is 63.6. The van der Waals surface area contributed by atoms with Gasteiger partial charge in [-0.2, -0.15) is 13.2 Å². The molecule has 2 aromatic rings. The van der Waals surface area contributed by atoms with Gasteiger partial charge in [0.15, 0.2) is 11.6 Å². The first kappa shape index (κ1) is 13.3. The number of aromatic hydroxyl groups is 1. The molecular formula is C13H7F5O. The molecule has 100 valence electrons. The molecule has 6 heteroatoms. The molecule has 2 aromatic carbocycles. The number of benzene rings is 2. The van der Waals surface area contributed by atoms with E-state index in [9.17, 15) is 22.0 Å². The Morgan fingerprint density at radius 1 is 0.842 bits per heavy atom. The van der Waals surface area contributed by atoms with Gasteiger partial charge in [0.2, 0.25) is 0 Å². The van der Waals surface area contributed by atoms with Gasteiger partial charge in [-0.1, -0.05) is 12.1 Å². The maximum absolute atomic E-state index is 13.6. The fraction of sp³-hybridized carbons (Fsp3) is 0.0769. The third kappa shape index (κ3) is 2.67. The van der Waals surface area contributed by atoms with Crippen molar-refractivity contribution in [1.29, 1.82) is 0 Å². The van der Waals surface area contributed by atoms with Crippen molar-refractivity contribution in [2.45, 2.75) is 6.18 Å². The van der Waals surface area contributed by atoms with Crippen LogP contribution in [0.25, 0.3) is 11.1 Å². The third-order valence-electron chi connectivity index (χ3n) is 2.55. The van der Waals surface area contributed by atoms with Gasteiger partial charge in [0.05, 0.1) is 5.56 Å². The first-order valence-corrected chi connectivity index (χ1v) is 5.14. The van der Waals surface area contributed by atoms with Gasteiger partial charge in [-0.05, 0) is 29.8 Å². The predicted molar refractivity (Wildman–Crippen MR) is 58.5 cm³/mol. The summed E-state index contributed by atoms with van der Waals surface area (Å²) in [7, 11) is 0. The second-order valence-corrected chi connectivity index (χ2v) is 3.86. The zero-order valence-electron chi connectivity index (χ0n) is 9.30. The average molecular weight is 274 g/mol. The maximum atomic E-state index is 13.6. The fourth-order valence-corrected chi connectivity index (χ4v) is 1.61. The normalized spacial score (nSPS) is 11.6. The molecule has 0 atom stereocenters. The third-order valence-corrected chi connectivity index (χ3v) is 2.55. The van der Waals surface area contributed by atoms with Crippen molar-refractivity contribution in [3.8, 4) is 16.9 Å². The van der Waals surface area contributed by atoms with Crippen molar-refractivity contribution in [3.05, 3.63) is 53.6 Å². The van der Waals surface area contributed by atoms with Crippen molar-refractivity contribution >= 4 is 0 Å². The van der Waals surface area contributed by atoms with Crippen LogP contribution in [0.15, 0.2) is 36.4 Å². The lowest BCUT2D eigenvalue weighted by atomic mass is 10.0. The van der Waals surface area contributed by atoms with Crippen molar-refractivity contribution in [2.75, 3.05) is 0 Å². The standard InChI is InChI=1S/C13H7F5O/c14-10-4-1-7(5-12(10)19)9-3-2-8(6-11(9)15)13(16,17)18/h1-6,19H. The fourth-order valence-electron chi connectivity index (χ4n) is 1.61. The summed E-state index contributed by atoms with van der Waals surface area (Å²) in [6.45, 7) is 0. The Hall–Kier alpha value is -2.11. The number of phenols is 1. The van der Waals surface area contributed by atoms with Crippen LogP contribution in [0.1, 0.15) is 5.56 Å². The van der Waals surface area contributed by atoms with Gasteiger partial charge in [0.1, 0.15) is 5.82 Å². The molecule has 0 aliphatic rings. The van der Waals surface area contributed by atoms with Crippen LogP contribution in [0.2, 0.25) is 0 Å². The van der Waals surface area contributed by atoms with E-state index in [1.807, 2.05) is 0 Å². The van der Waals surface area contributed by atoms with E-state index in [2.05, 4.69) is 0 Å². The van der Waals surface area contributed by atoms with Gasteiger partial charge in [-0.15, -0.1) is 0 Å². The molecule has 1 N–H and O–H groups in total. The van der Waals surface area contributed by atoms with Crippen molar-refractivity contribution in [2.24, 2.45) is 0 Å². The lowest BCUT2D eigenvalue weighted by Crippen LogP contribution is -2.05. The van der Waals surface area contributed by atoms with Crippen LogP contribution < -0.4 is 0 Å².